The summed E-state index contributed by atoms with van der Waals surface area (Å²) in [5.74, 6) is 0.115. The molecular weight excluding hydrogens is 322 g/mol. The van der Waals surface area contributed by atoms with Gasteiger partial charge in [-0.3, -0.25) is 10.1 Å². The van der Waals surface area contributed by atoms with Crippen LogP contribution in [-0.2, 0) is 11.2 Å². The van der Waals surface area contributed by atoms with Crippen molar-refractivity contribution in [2.75, 3.05) is 18.4 Å². The Bertz CT molecular complexity index is 673. The number of aryl methyl sites for hydroxylation is 1. The molecule has 2 aromatic rings. The predicted molar refractivity (Wildman–Crippen MR) is 96.2 cm³/mol. The van der Waals surface area contributed by atoms with E-state index in [0.717, 1.165) is 24.4 Å². The minimum Gasteiger partial charge on any atom is -0.341 e. The minimum atomic E-state index is -0.249. The van der Waals surface area contributed by atoms with Crippen LogP contribution in [0, 0.1) is 0 Å². The van der Waals surface area contributed by atoms with E-state index in [1.165, 1.54) is 16.9 Å². The lowest BCUT2D eigenvalue weighted by molar-refractivity contribution is -0.127. The Morgan fingerprint density at radius 2 is 2.04 bits per heavy atom. The first-order chi connectivity index (χ1) is 11.7. The van der Waals surface area contributed by atoms with Gasteiger partial charge in [-0.05, 0) is 35.9 Å². The molecule has 1 aliphatic rings. The fourth-order valence-corrected chi connectivity index (χ4v) is 3.50. The number of amides is 3. The lowest BCUT2D eigenvalue weighted by atomic mass is 10.1. The molecule has 0 radical (unpaired) electrons. The maximum Gasteiger partial charge on any atom is 0.320 e. The van der Waals surface area contributed by atoms with Gasteiger partial charge in [-0.25, -0.2) is 4.79 Å². The summed E-state index contributed by atoms with van der Waals surface area (Å²) < 4.78 is 0. The number of hydrogen-bond donors (Lipinski definition) is 2. The monoisotopic (exact) mass is 343 g/mol. The molecule has 2 N–H and O–H groups in total. The second-order valence-electron chi connectivity index (χ2n) is 5.91. The third kappa shape index (κ3) is 4.58. The van der Waals surface area contributed by atoms with E-state index in [1.807, 2.05) is 40.6 Å². The number of nitrogens with zero attached hydrogens (tertiary/aromatic N) is 1. The van der Waals surface area contributed by atoms with Gasteiger partial charge in [0.15, 0.2) is 0 Å². The molecule has 6 heteroatoms. The van der Waals surface area contributed by atoms with Crippen LogP contribution in [-0.4, -0.2) is 36.0 Å². The van der Waals surface area contributed by atoms with Gasteiger partial charge in [-0.2, -0.15) is 0 Å². The Morgan fingerprint density at radius 1 is 1.21 bits per heavy atom. The maximum atomic E-state index is 12.1. The third-order valence-corrected chi connectivity index (χ3v) is 4.83. The maximum absolute atomic E-state index is 12.1. The molecule has 1 aliphatic heterocycles. The minimum absolute atomic E-state index is 0.115. The number of nitrogens with one attached hydrogen (secondary N) is 2. The molecule has 1 aromatic carbocycles. The van der Waals surface area contributed by atoms with Crippen LogP contribution in [0.5, 0.6) is 0 Å². The molecule has 3 amide bonds. The van der Waals surface area contributed by atoms with Crippen molar-refractivity contribution in [1.29, 1.82) is 0 Å². The summed E-state index contributed by atoms with van der Waals surface area (Å²) in [7, 11) is 0. The van der Waals surface area contributed by atoms with E-state index in [2.05, 4.69) is 22.8 Å². The van der Waals surface area contributed by atoms with Crippen LogP contribution in [0.15, 0.2) is 47.8 Å². The molecule has 2 heterocycles. The summed E-state index contributed by atoms with van der Waals surface area (Å²) in [5.41, 5.74) is 1.29. The number of anilines is 1. The van der Waals surface area contributed by atoms with Crippen LogP contribution >= 0.6 is 11.3 Å². The number of carbonyl (C=O) groups is 2. The van der Waals surface area contributed by atoms with Crippen molar-refractivity contribution >= 4 is 28.3 Å². The summed E-state index contributed by atoms with van der Waals surface area (Å²) in [5, 5.41) is 8.37. The first-order valence-electron chi connectivity index (χ1n) is 8.13. The zero-order valence-corrected chi connectivity index (χ0v) is 14.2. The molecule has 1 saturated heterocycles. The summed E-state index contributed by atoms with van der Waals surface area (Å²) in [6, 6.07) is 13.6. The van der Waals surface area contributed by atoms with Gasteiger partial charge < -0.3 is 10.2 Å². The highest BCUT2D eigenvalue weighted by atomic mass is 32.1. The smallest absolute Gasteiger partial charge is 0.320 e. The largest absolute Gasteiger partial charge is 0.341 e. The van der Waals surface area contributed by atoms with Gasteiger partial charge in [0.05, 0.1) is 11.0 Å². The number of likely N-dealkylation sites (tertiary alicyclic amines) is 1. The standard InChI is InChI=1S/C18H21N3O2S/c22-17-12-15(19-18(23)20-16-9-5-11-24-16)13-21(17)10-4-8-14-6-2-1-3-7-14/h1-3,5-7,9,11,15H,4,8,10,12-13H2,(H2,19,20,23). The molecule has 126 valence electrons. The SMILES string of the molecule is O=C(Nc1cccs1)NC1CC(=O)N(CCCc2ccccc2)C1. The fourth-order valence-electron chi connectivity index (χ4n) is 2.89. The van der Waals surface area contributed by atoms with Gasteiger partial charge in [0.2, 0.25) is 5.91 Å². The zero-order chi connectivity index (χ0) is 16.8. The molecule has 5 nitrogen and oxygen atoms in total. The van der Waals surface area contributed by atoms with Crippen LogP contribution < -0.4 is 10.6 Å². The van der Waals surface area contributed by atoms with Crippen molar-refractivity contribution in [3.63, 3.8) is 0 Å². The quantitative estimate of drug-likeness (QED) is 0.847. The highest BCUT2D eigenvalue weighted by Crippen LogP contribution is 2.16. The summed E-state index contributed by atoms with van der Waals surface area (Å²) in [6.45, 7) is 1.32. The van der Waals surface area contributed by atoms with Crippen LogP contribution in [0.4, 0.5) is 9.80 Å². The molecule has 24 heavy (non-hydrogen) atoms. The van der Waals surface area contributed by atoms with E-state index < -0.39 is 0 Å². The molecule has 1 unspecified atom stereocenters. The zero-order valence-electron chi connectivity index (χ0n) is 13.4. The fraction of sp³-hybridized carbons (Fsp3) is 0.333. The molecule has 3 rings (SSSR count). The van der Waals surface area contributed by atoms with E-state index >= 15 is 0 Å². The number of thiophene rings is 1. The van der Waals surface area contributed by atoms with Gasteiger partial charge >= 0.3 is 6.03 Å². The molecule has 0 saturated carbocycles. The Balaban J connectivity index is 1.41. The second kappa shape index (κ2) is 7.97. The average molecular weight is 343 g/mol. The van der Waals surface area contributed by atoms with Gasteiger partial charge in [0, 0.05) is 19.5 Å². The Kier molecular flexibility index (Phi) is 5.48. The number of rotatable bonds is 6. The molecule has 0 spiro atoms. The highest BCUT2D eigenvalue weighted by Gasteiger charge is 2.30. The van der Waals surface area contributed by atoms with Crippen LogP contribution in [0.2, 0.25) is 0 Å². The number of carbonyl (C=O) groups excluding carboxylic acids is 2. The van der Waals surface area contributed by atoms with Gasteiger partial charge in [0.25, 0.3) is 0 Å². The molecule has 0 aliphatic carbocycles. The van der Waals surface area contributed by atoms with Crippen molar-refractivity contribution in [1.82, 2.24) is 10.2 Å². The van der Waals surface area contributed by atoms with Gasteiger partial charge in [-0.1, -0.05) is 30.3 Å². The van der Waals surface area contributed by atoms with Crippen molar-refractivity contribution < 1.29 is 9.59 Å². The summed E-state index contributed by atoms with van der Waals surface area (Å²) in [4.78, 5) is 25.9. The lowest BCUT2D eigenvalue weighted by Crippen LogP contribution is -2.39. The van der Waals surface area contributed by atoms with Crippen LogP contribution in [0.25, 0.3) is 0 Å². The van der Waals surface area contributed by atoms with Crippen LogP contribution in [0.3, 0.4) is 0 Å². The Hall–Kier alpha value is -2.34. The van der Waals surface area contributed by atoms with Crippen molar-refractivity contribution in [3.8, 4) is 0 Å². The topological polar surface area (TPSA) is 61.4 Å². The third-order valence-electron chi connectivity index (χ3n) is 4.04. The van der Waals surface area contributed by atoms with E-state index in [4.69, 9.17) is 0 Å². The van der Waals surface area contributed by atoms with E-state index in [1.54, 1.807) is 0 Å². The average Bonchev–Trinajstić information content (AvgIpc) is 3.18. The first-order valence-corrected chi connectivity index (χ1v) is 9.01. The number of benzene rings is 1. The predicted octanol–water partition coefficient (Wildman–Crippen LogP) is 3.10. The molecule has 1 aromatic heterocycles. The second-order valence-corrected chi connectivity index (χ2v) is 6.85. The summed E-state index contributed by atoms with van der Waals surface area (Å²) >= 11 is 1.47. The number of hydrogen-bond acceptors (Lipinski definition) is 3. The van der Waals surface area contributed by atoms with Crippen molar-refractivity contribution in [3.05, 3.63) is 53.4 Å². The van der Waals surface area contributed by atoms with Crippen molar-refractivity contribution in [2.24, 2.45) is 0 Å². The van der Waals surface area contributed by atoms with Gasteiger partial charge in [0.1, 0.15) is 0 Å². The van der Waals surface area contributed by atoms with Crippen molar-refractivity contribution in [2.45, 2.75) is 25.3 Å². The highest BCUT2D eigenvalue weighted by molar-refractivity contribution is 7.14. The lowest BCUT2D eigenvalue weighted by Gasteiger charge is -2.17. The van der Waals surface area contributed by atoms with E-state index in [9.17, 15) is 9.59 Å². The molecule has 1 fully saturated rings. The summed E-state index contributed by atoms with van der Waals surface area (Å²) in [6.07, 6.45) is 2.27. The van der Waals surface area contributed by atoms with Gasteiger partial charge in [-0.15, -0.1) is 11.3 Å². The van der Waals surface area contributed by atoms with Crippen LogP contribution in [0.1, 0.15) is 18.4 Å². The Morgan fingerprint density at radius 3 is 2.79 bits per heavy atom. The van der Waals surface area contributed by atoms with E-state index in [-0.39, 0.29) is 18.0 Å². The first kappa shape index (κ1) is 16.5. The number of urea groups is 1. The van der Waals surface area contributed by atoms with E-state index in [0.29, 0.717) is 13.0 Å². The normalized spacial score (nSPS) is 17.1. The molecular formula is C18H21N3O2S. The molecule has 0 bridgehead atoms. The molecule has 1 atom stereocenters. The Labute approximate surface area is 145 Å².